The molecule has 0 unspecified atom stereocenters. The predicted octanol–water partition coefficient (Wildman–Crippen LogP) is 0.651. The van der Waals surface area contributed by atoms with Crippen LogP contribution in [0.3, 0.4) is 0 Å². The Morgan fingerprint density at radius 1 is 1.53 bits per heavy atom. The second-order valence-corrected chi connectivity index (χ2v) is 3.46. The Kier molecular flexibility index (Phi) is 2.92. The van der Waals surface area contributed by atoms with Gasteiger partial charge in [0.05, 0.1) is 11.6 Å². The van der Waals surface area contributed by atoms with Crippen molar-refractivity contribution in [3.05, 3.63) is 34.3 Å². The van der Waals surface area contributed by atoms with Crippen LogP contribution in [0.25, 0.3) is 11.1 Å². The summed E-state index contributed by atoms with van der Waals surface area (Å²) in [5, 5.41) is 10.9. The molecule has 0 spiro atoms. The zero-order chi connectivity index (χ0) is 12.3. The maximum absolute atomic E-state index is 11.1. The number of aromatic amines is 1. The Bertz CT molecular complexity index is 648. The number of fused-ring (bicyclic) bond motifs is 1. The van der Waals surface area contributed by atoms with E-state index in [1.54, 1.807) is 24.3 Å². The average Bonchev–Trinajstić information content (AvgIpc) is 2.66. The van der Waals surface area contributed by atoms with Crippen LogP contribution in [0.4, 0.5) is 0 Å². The Morgan fingerprint density at radius 3 is 3.12 bits per heavy atom. The highest BCUT2D eigenvalue weighted by atomic mass is 16.4. The van der Waals surface area contributed by atoms with E-state index in [0.717, 1.165) is 5.56 Å². The quantitative estimate of drug-likeness (QED) is 0.810. The first-order chi connectivity index (χ1) is 8.19. The van der Waals surface area contributed by atoms with Crippen molar-refractivity contribution in [2.45, 2.75) is 13.0 Å². The minimum atomic E-state index is -0.509. The number of nitrogens with one attached hydrogen (secondary N) is 2. The zero-order valence-electron chi connectivity index (χ0n) is 8.82. The molecule has 0 saturated carbocycles. The zero-order valence-corrected chi connectivity index (χ0v) is 8.82. The summed E-state index contributed by atoms with van der Waals surface area (Å²) in [6, 6.07) is 6.87. The lowest BCUT2D eigenvalue weighted by atomic mass is 10.2. The minimum absolute atomic E-state index is 0.162. The first kappa shape index (κ1) is 11.0. The summed E-state index contributed by atoms with van der Waals surface area (Å²) < 4.78 is 4.85. The number of oxazole rings is 1. The standard InChI is InChI=1S/C11H9N3O3/c12-4-3-10(15)13-6-7-1-2-9-8(5-7)14-11(16)17-9/h1-2,5H,3,6H2,(H,13,15)(H,14,16). The van der Waals surface area contributed by atoms with Gasteiger partial charge in [0.15, 0.2) is 5.58 Å². The number of carbonyl (C=O) groups excluding carboxylic acids is 1. The molecule has 1 aromatic heterocycles. The molecule has 0 aliphatic heterocycles. The molecule has 2 N–H and O–H groups in total. The molecule has 86 valence electrons. The lowest BCUT2D eigenvalue weighted by Crippen LogP contribution is -2.21. The Hall–Kier alpha value is -2.55. The van der Waals surface area contributed by atoms with Gasteiger partial charge in [-0.15, -0.1) is 0 Å². The number of carbonyl (C=O) groups is 1. The fourth-order valence-electron chi connectivity index (χ4n) is 1.44. The van der Waals surface area contributed by atoms with Crippen molar-refractivity contribution < 1.29 is 9.21 Å². The van der Waals surface area contributed by atoms with Crippen molar-refractivity contribution in [1.29, 1.82) is 5.26 Å². The molecule has 1 heterocycles. The highest BCUT2D eigenvalue weighted by Gasteiger charge is 2.03. The second-order valence-electron chi connectivity index (χ2n) is 3.46. The Labute approximate surface area is 95.9 Å². The van der Waals surface area contributed by atoms with Gasteiger partial charge < -0.3 is 9.73 Å². The van der Waals surface area contributed by atoms with Crippen LogP contribution in [-0.2, 0) is 11.3 Å². The van der Waals surface area contributed by atoms with Crippen LogP contribution < -0.4 is 11.1 Å². The van der Waals surface area contributed by atoms with Crippen molar-refractivity contribution in [3.63, 3.8) is 0 Å². The number of aromatic nitrogens is 1. The number of hydrogen-bond acceptors (Lipinski definition) is 4. The summed E-state index contributed by atoms with van der Waals surface area (Å²) in [6.07, 6.45) is -0.162. The van der Waals surface area contributed by atoms with Gasteiger partial charge in [-0.1, -0.05) is 6.07 Å². The number of amides is 1. The maximum Gasteiger partial charge on any atom is 0.417 e. The minimum Gasteiger partial charge on any atom is -0.408 e. The average molecular weight is 231 g/mol. The molecule has 0 aliphatic rings. The Balaban J connectivity index is 2.12. The summed E-state index contributed by atoms with van der Waals surface area (Å²) >= 11 is 0. The van der Waals surface area contributed by atoms with Crippen molar-refractivity contribution in [1.82, 2.24) is 10.3 Å². The molecule has 0 fully saturated rings. The van der Waals surface area contributed by atoms with Gasteiger partial charge in [-0.05, 0) is 17.7 Å². The van der Waals surface area contributed by atoms with E-state index in [9.17, 15) is 9.59 Å². The van der Waals surface area contributed by atoms with E-state index in [4.69, 9.17) is 9.68 Å². The van der Waals surface area contributed by atoms with E-state index < -0.39 is 5.76 Å². The molecular formula is C11H9N3O3. The third-order valence-corrected chi connectivity index (χ3v) is 2.21. The fourth-order valence-corrected chi connectivity index (χ4v) is 1.44. The van der Waals surface area contributed by atoms with Crippen LogP contribution in [0.1, 0.15) is 12.0 Å². The van der Waals surface area contributed by atoms with Gasteiger partial charge in [-0.25, -0.2) is 4.79 Å². The highest BCUT2D eigenvalue weighted by Crippen LogP contribution is 2.11. The van der Waals surface area contributed by atoms with Crippen molar-refractivity contribution in [2.75, 3.05) is 0 Å². The molecule has 6 nitrogen and oxygen atoms in total. The molecule has 2 rings (SSSR count). The first-order valence-corrected chi connectivity index (χ1v) is 4.94. The Morgan fingerprint density at radius 2 is 2.35 bits per heavy atom. The number of hydrogen-bond donors (Lipinski definition) is 2. The van der Waals surface area contributed by atoms with Crippen LogP contribution >= 0.6 is 0 Å². The third kappa shape index (κ3) is 2.52. The number of nitriles is 1. The molecule has 0 saturated heterocycles. The normalized spacial score (nSPS) is 10.1. The molecule has 0 aliphatic carbocycles. The van der Waals surface area contributed by atoms with E-state index in [1.807, 2.05) is 0 Å². The molecule has 6 heteroatoms. The van der Waals surface area contributed by atoms with Gasteiger partial charge in [0.2, 0.25) is 5.91 Å². The number of benzene rings is 1. The van der Waals surface area contributed by atoms with Gasteiger partial charge in [0.1, 0.15) is 6.42 Å². The smallest absolute Gasteiger partial charge is 0.408 e. The van der Waals surface area contributed by atoms with Crippen molar-refractivity contribution >= 4 is 17.0 Å². The monoisotopic (exact) mass is 231 g/mol. The second kappa shape index (κ2) is 4.53. The SMILES string of the molecule is N#CCC(=O)NCc1ccc2oc(=O)[nH]c2c1. The molecule has 1 amide bonds. The largest absolute Gasteiger partial charge is 0.417 e. The maximum atomic E-state index is 11.1. The number of nitrogens with zero attached hydrogens (tertiary/aromatic N) is 1. The summed E-state index contributed by atoms with van der Waals surface area (Å²) in [6.45, 7) is 0.309. The summed E-state index contributed by atoms with van der Waals surface area (Å²) in [4.78, 5) is 24.5. The fraction of sp³-hybridized carbons (Fsp3) is 0.182. The van der Waals surface area contributed by atoms with E-state index in [-0.39, 0.29) is 12.3 Å². The van der Waals surface area contributed by atoms with Crippen LogP contribution in [0.5, 0.6) is 0 Å². The molecule has 1 aromatic carbocycles. The van der Waals surface area contributed by atoms with Crippen LogP contribution in [0.2, 0.25) is 0 Å². The van der Waals surface area contributed by atoms with Crippen molar-refractivity contribution in [3.8, 4) is 6.07 Å². The van der Waals surface area contributed by atoms with Crippen LogP contribution in [0.15, 0.2) is 27.4 Å². The molecule has 17 heavy (non-hydrogen) atoms. The third-order valence-electron chi connectivity index (χ3n) is 2.21. The lowest BCUT2D eigenvalue weighted by Gasteiger charge is -2.02. The molecule has 0 bridgehead atoms. The van der Waals surface area contributed by atoms with Gasteiger partial charge in [0, 0.05) is 6.54 Å². The van der Waals surface area contributed by atoms with Gasteiger partial charge >= 0.3 is 5.76 Å². The van der Waals surface area contributed by atoms with E-state index in [0.29, 0.717) is 17.6 Å². The highest BCUT2D eigenvalue weighted by molar-refractivity contribution is 5.78. The topological polar surface area (TPSA) is 98.9 Å². The predicted molar refractivity (Wildman–Crippen MR) is 58.9 cm³/mol. The molecule has 0 radical (unpaired) electrons. The van der Waals surface area contributed by atoms with Gasteiger partial charge in [-0.3, -0.25) is 9.78 Å². The van der Waals surface area contributed by atoms with E-state index in [2.05, 4.69) is 10.3 Å². The van der Waals surface area contributed by atoms with Crippen molar-refractivity contribution in [2.24, 2.45) is 0 Å². The van der Waals surface area contributed by atoms with E-state index in [1.165, 1.54) is 0 Å². The molecule has 2 aromatic rings. The van der Waals surface area contributed by atoms with E-state index >= 15 is 0 Å². The summed E-state index contributed by atoms with van der Waals surface area (Å²) in [5.41, 5.74) is 1.88. The molecular weight excluding hydrogens is 222 g/mol. The number of rotatable bonds is 3. The molecule has 0 atom stereocenters. The van der Waals surface area contributed by atoms with Crippen LogP contribution in [-0.4, -0.2) is 10.9 Å². The first-order valence-electron chi connectivity index (χ1n) is 4.94. The lowest BCUT2D eigenvalue weighted by molar-refractivity contribution is -0.120. The van der Waals surface area contributed by atoms with Crippen LogP contribution in [0, 0.1) is 11.3 Å². The summed E-state index contributed by atoms with van der Waals surface area (Å²) in [5.74, 6) is -0.834. The number of H-pyrrole nitrogens is 1. The summed E-state index contributed by atoms with van der Waals surface area (Å²) in [7, 11) is 0. The van der Waals surface area contributed by atoms with Gasteiger partial charge in [0.25, 0.3) is 0 Å². The van der Waals surface area contributed by atoms with Gasteiger partial charge in [-0.2, -0.15) is 5.26 Å².